The molecule has 9 heavy (non-hydrogen) atoms. The number of rotatable bonds is 0. The summed E-state index contributed by atoms with van der Waals surface area (Å²) in [5.74, 6) is 0. The zero-order valence-corrected chi connectivity index (χ0v) is 7.44. The van der Waals surface area contributed by atoms with Gasteiger partial charge in [-0.05, 0) is 0 Å². The van der Waals surface area contributed by atoms with Crippen LogP contribution in [0.2, 0.25) is 0 Å². The Morgan fingerprint density at radius 2 is 1.00 bits per heavy atom. The maximum Gasteiger partial charge on any atom is 1.00 e. The summed E-state index contributed by atoms with van der Waals surface area (Å²) in [6.07, 6.45) is 0. The van der Waals surface area contributed by atoms with Gasteiger partial charge in [-0.2, -0.15) is 8.42 Å². The van der Waals surface area contributed by atoms with Crippen LogP contribution < -0.4 is 29.6 Å². The molecular formula is H9NaO7S. The predicted octanol–water partition coefficient (Wildman–Crippen LogP) is -6.01. The van der Waals surface area contributed by atoms with Gasteiger partial charge in [-0.15, -0.1) is 0 Å². The molecule has 0 aromatic carbocycles. The second-order valence-corrected chi connectivity index (χ2v) is 1.34. The van der Waals surface area contributed by atoms with Gasteiger partial charge in [0.25, 0.3) is 0 Å². The Bertz CT molecular complexity index is 96.8. The Morgan fingerprint density at radius 3 is 1.00 bits per heavy atom. The molecule has 0 unspecified atom stereocenters. The smallest absolute Gasteiger partial charge is 1.00 e. The first-order chi connectivity index (χ1) is 2.00. The molecule has 0 radical (unpaired) electrons. The van der Waals surface area contributed by atoms with Crippen molar-refractivity contribution in [2.45, 2.75) is 0 Å². The maximum atomic E-state index is 8.74. The van der Waals surface area contributed by atoms with Gasteiger partial charge in [0, 0.05) is 0 Å². The van der Waals surface area contributed by atoms with Crippen LogP contribution in [-0.2, 0) is 10.4 Å². The fraction of sp³-hybridized carbons (Fsp3) is 0. The molecule has 0 atom stereocenters. The summed E-state index contributed by atoms with van der Waals surface area (Å²) in [4.78, 5) is 0. The quantitative estimate of drug-likeness (QED) is 0.276. The van der Waals surface area contributed by atoms with E-state index in [0.717, 1.165) is 0 Å². The van der Waals surface area contributed by atoms with E-state index in [9.17, 15) is 0 Å². The first-order valence-electron chi connectivity index (χ1n) is 0.698. The summed E-state index contributed by atoms with van der Waals surface area (Å²) in [6.45, 7) is 0. The molecule has 0 aromatic rings. The topological polar surface area (TPSA) is 169 Å². The van der Waals surface area contributed by atoms with Gasteiger partial charge in [0.15, 0.2) is 0 Å². The summed E-state index contributed by atoms with van der Waals surface area (Å²) in [7, 11) is -4.67. The largest absolute Gasteiger partial charge is 1.00 e. The van der Waals surface area contributed by atoms with E-state index in [-0.39, 0.29) is 47.4 Å². The molecule has 0 aliphatic rings. The molecule has 0 amide bonds. The van der Waals surface area contributed by atoms with E-state index < -0.39 is 10.4 Å². The third kappa shape index (κ3) is 709. The van der Waals surface area contributed by atoms with Crippen molar-refractivity contribution in [3.8, 4) is 0 Å². The average Bonchev–Trinajstić information content (AvgIpc) is 0.722. The molecule has 0 bridgehead atoms. The number of hydrogen-bond donors (Lipinski definition) is 2. The van der Waals surface area contributed by atoms with Gasteiger partial charge in [-0.3, -0.25) is 9.11 Å². The van der Waals surface area contributed by atoms with Crippen molar-refractivity contribution in [3.05, 3.63) is 0 Å². The Hall–Kier alpha value is 0.750. The standard InChI is InChI=1S/Na.H2O4S.3H2O.H/c;1-5(2,3)4;;;;/h;(H2,1,2,3,4);3*1H2;/q+1;;;;;-1. The van der Waals surface area contributed by atoms with Gasteiger partial charge in [0.05, 0.1) is 0 Å². The van der Waals surface area contributed by atoms with Crippen molar-refractivity contribution in [1.29, 1.82) is 0 Å². The first kappa shape index (κ1) is 33.1. The summed E-state index contributed by atoms with van der Waals surface area (Å²) in [6, 6.07) is 0. The van der Waals surface area contributed by atoms with Crippen molar-refractivity contribution in [2.24, 2.45) is 0 Å². The van der Waals surface area contributed by atoms with Crippen molar-refractivity contribution in [2.75, 3.05) is 0 Å². The van der Waals surface area contributed by atoms with Gasteiger partial charge < -0.3 is 17.9 Å². The van der Waals surface area contributed by atoms with Gasteiger partial charge in [0.2, 0.25) is 0 Å². The van der Waals surface area contributed by atoms with Gasteiger partial charge >= 0.3 is 40.0 Å². The fourth-order valence-corrected chi connectivity index (χ4v) is 0. The van der Waals surface area contributed by atoms with Crippen LogP contribution in [0.15, 0.2) is 0 Å². The van der Waals surface area contributed by atoms with Crippen molar-refractivity contribution < 1.29 is 64.9 Å². The predicted molar refractivity (Wildman–Crippen MR) is 26.1 cm³/mol. The van der Waals surface area contributed by atoms with E-state index in [1.54, 1.807) is 0 Å². The van der Waals surface area contributed by atoms with Crippen LogP contribution in [0.5, 0.6) is 0 Å². The van der Waals surface area contributed by atoms with Gasteiger partial charge in [0.1, 0.15) is 0 Å². The van der Waals surface area contributed by atoms with Crippen LogP contribution in [0.4, 0.5) is 0 Å². The van der Waals surface area contributed by atoms with Crippen molar-refractivity contribution in [3.63, 3.8) is 0 Å². The molecule has 0 aliphatic heterocycles. The minimum Gasteiger partial charge on any atom is -1.00 e. The van der Waals surface area contributed by atoms with Crippen molar-refractivity contribution in [1.82, 2.24) is 0 Å². The SMILES string of the molecule is O.O.O.O=S(=O)(O)O.[H-].[Na+]. The Labute approximate surface area is 75.3 Å². The normalized spacial score (nSPS) is 6.44. The molecule has 0 spiro atoms. The fourth-order valence-electron chi connectivity index (χ4n) is 0. The summed E-state index contributed by atoms with van der Waals surface area (Å²) in [5, 5.41) is 0. The third-order valence-electron chi connectivity index (χ3n) is 0. The molecule has 58 valence electrons. The first-order valence-corrected chi connectivity index (χ1v) is 2.10. The van der Waals surface area contributed by atoms with Crippen LogP contribution in [0.25, 0.3) is 0 Å². The molecule has 7 nitrogen and oxygen atoms in total. The van der Waals surface area contributed by atoms with E-state index in [1.807, 2.05) is 0 Å². The third-order valence-corrected chi connectivity index (χ3v) is 0. The Balaban J connectivity index is -0.00000000800. The minimum absolute atomic E-state index is 0. The van der Waals surface area contributed by atoms with E-state index in [1.165, 1.54) is 0 Å². The van der Waals surface area contributed by atoms with E-state index >= 15 is 0 Å². The van der Waals surface area contributed by atoms with Crippen LogP contribution >= 0.6 is 0 Å². The van der Waals surface area contributed by atoms with Gasteiger partial charge in [-0.25, -0.2) is 0 Å². The van der Waals surface area contributed by atoms with Gasteiger partial charge in [-0.1, -0.05) is 0 Å². The Kier molecular flexibility index (Phi) is 42.4. The second-order valence-electron chi connectivity index (χ2n) is 0.448. The molecule has 0 rings (SSSR count). The second kappa shape index (κ2) is 11.5. The summed E-state index contributed by atoms with van der Waals surface area (Å²) in [5.41, 5.74) is 0. The van der Waals surface area contributed by atoms with Crippen LogP contribution in [0.1, 0.15) is 1.43 Å². The van der Waals surface area contributed by atoms with Crippen LogP contribution in [-0.4, -0.2) is 34.0 Å². The molecule has 0 fully saturated rings. The molecule has 8 N–H and O–H groups in total. The molecule has 0 saturated carbocycles. The molecule has 0 saturated heterocycles. The summed E-state index contributed by atoms with van der Waals surface area (Å²) < 4.78 is 31.6. The van der Waals surface area contributed by atoms with Crippen LogP contribution in [0.3, 0.4) is 0 Å². The minimum atomic E-state index is -4.67. The van der Waals surface area contributed by atoms with E-state index in [0.29, 0.717) is 0 Å². The number of hydrogen-bond acceptors (Lipinski definition) is 2. The average molecular weight is 176 g/mol. The molecule has 9 heteroatoms. The van der Waals surface area contributed by atoms with E-state index in [2.05, 4.69) is 0 Å². The molecule has 0 heterocycles. The summed E-state index contributed by atoms with van der Waals surface area (Å²) >= 11 is 0. The van der Waals surface area contributed by atoms with Crippen LogP contribution in [0, 0.1) is 0 Å². The maximum absolute atomic E-state index is 8.74. The zero-order valence-electron chi connectivity index (χ0n) is 5.62. The zero-order chi connectivity index (χ0) is 4.50. The molecule has 0 aromatic heterocycles. The molecule has 0 aliphatic carbocycles. The Morgan fingerprint density at radius 1 is 1.00 bits per heavy atom. The van der Waals surface area contributed by atoms with Crippen molar-refractivity contribution >= 4 is 10.4 Å². The van der Waals surface area contributed by atoms with E-state index in [4.69, 9.17) is 17.5 Å². The monoisotopic (exact) mass is 176 g/mol. The molecular weight excluding hydrogens is 167 g/mol.